The van der Waals surface area contributed by atoms with Gasteiger partial charge in [0.25, 0.3) is 0 Å². The highest BCUT2D eigenvalue weighted by Gasteiger charge is 2.48. The van der Waals surface area contributed by atoms with E-state index in [1.54, 1.807) is 14.2 Å². The first kappa shape index (κ1) is 24.5. The molecule has 0 aliphatic carbocycles. The number of rotatable bonds is 6. The van der Waals surface area contributed by atoms with E-state index in [1.165, 1.54) is 16.6 Å². The first-order valence-corrected chi connectivity index (χ1v) is 12.4. The first-order chi connectivity index (χ1) is 16.0. The number of piperidine rings is 1. The highest BCUT2D eigenvalue weighted by atomic mass is 16.5. The van der Waals surface area contributed by atoms with E-state index in [9.17, 15) is 0 Å². The smallest absolute Gasteiger partial charge is 0.161 e. The molecule has 5 nitrogen and oxygen atoms in total. The topological polar surface area (TPSA) is 49.5 Å². The van der Waals surface area contributed by atoms with E-state index in [1.807, 2.05) is 6.07 Å². The number of aromatic nitrogens is 1. The number of nitrogens with zero attached hydrogens (tertiary/aromatic N) is 1. The Kier molecular flexibility index (Phi) is 6.36. The summed E-state index contributed by atoms with van der Waals surface area (Å²) in [7, 11) is 5.59. The number of benzene rings is 2. The van der Waals surface area contributed by atoms with Crippen molar-refractivity contribution in [2.75, 3.05) is 33.1 Å². The Morgan fingerprint density at radius 2 is 1.71 bits per heavy atom. The van der Waals surface area contributed by atoms with Gasteiger partial charge in [0.05, 0.1) is 19.9 Å². The molecule has 1 saturated heterocycles. The fourth-order valence-electron chi connectivity index (χ4n) is 5.46. The third kappa shape index (κ3) is 3.94. The number of hydrogen-bond acceptors (Lipinski definition) is 4. The molecule has 2 N–H and O–H groups in total. The standard InChI is InChI=1S/C29H41N3O2/c1-18(2)26-21-17-20(30-25-14-15-32(7)29(5,6)28(25,3)4)11-12-22(21)31-27(26)19-10-13-23(33-8)24(16-19)34-9/h10-13,16-18,25,30-31H,14-15H2,1-9H3. The van der Waals surface area contributed by atoms with Gasteiger partial charge in [-0.3, -0.25) is 0 Å². The van der Waals surface area contributed by atoms with Gasteiger partial charge in [0, 0.05) is 45.7 Å². The minimum Gasteiger partial charge on any atom is -0.493 e. The van der Waals surface area contributed by atoms with Crippen LogP contribution in [0.15, 0.2) is 36.4 Å². The summed E-state index contributed by atoms with van der Waals surface area (Å²) in [4.78, 5) is 6.18. The van der Waals surface area contributed by atoms with Crippen LogP contribution in [0.4, 0.5) is 5.69 Å². The molecule has 4 rings (SSSR count). The molecule has 34 heavy (non-hydrogen) atoms. The van der Waals surface area contributed by atoms with Gasteiger partial charge in [-0.1, -0.05) is 27.7 Å². The van der Waals surface area contributed by atoms with Gasteiger partial charge in [-0.2, -0.15) is 0 Å². The van der Waals surface area contributed by atoms with E-state index in [-0.39, 0.29) is 11.0 Å². The van der Waals surface area contributed by atoms with Gasteiger partial charge >= 0.3 is 0 Å². The number of methoxy groups -OCH3 is 2. The predicted octanol–water partition coefficient (Wildman–Crippen LogP) is 6.90. The Morgan fingerprint density at radius 3 is 2.35 bits per heavy atom. The molecule has 2 heterocycles. The second-order valence-corrected chi connectivity index (χ2v) is 11.1. The van der Waals surface area contributed by atoms with Gasteiger partial charge in [-0.25, -0.2) is 0 Å². The average Bonchev–Trinajstić information content (AvgIpc) is 3.18. The second-order valence-electron chi connectivity index (χ2n) is 11.1. The van der Waals surface area contributed by atoms with E-state index in [4.69, 9.17) is 9.47 Å². The van der Waals surface area contributed by atoms with Crippen LogP contribution in [0.2, 0.25) is 0 Å². The molecule has 0 bridgehead atoms. The van der Waals surface area contributed by atoms with Crippen molar-refractivity contribution in [2.45, 2.75) is 65.5 Å². The molecule has 1 atom stereocenters. The van der Waals surface area contributed by atoms with Crippen LogP contribution in [-0.2, 0) is 0 Å². The molecule has 1 aliphatic heterocycles. The summed E-state index contributed by atoms with van der Waals surface area (Å²) in [6, 6.07) is 13.3. The Labute approximate surface area is 204 Å². The van der Waals surface area contributed by atoms with E-state index in [2.05, 4.69) is 94.1 Å². The van der Waals surface area contributed by atoms with Crippen molar-refractivity contribution in [2.24, 2.45) is 5.41 Å². The monoisotopic (exact) mass is 463 g/mol. The number of H-pyrrole nitrogens is 1. The molecule has 0 spiro atoms. The maximum Gasteiger partial charge on any atom is 0.161 e. The number of aromatic amines is 1. The minimum atomic E-state index is 0.116. The number of anilines is 1. The van der Waals surface area contributed by atoms with Crippen molar-refractivity contribution in [3.05, 3.63) is 42.0 Å². The largest absolute Gasteiger partial charge is 0.493 e. The quantitative estimate of drug-likeness (QED) is 0.418. The van der Waals surface area contributed by atoms with Gasteiger partial charge in [-0.05, 0) is 75.2 Å². The van der Waals surface area contributed by atoms with Crippen molar-refractivity contribution in [3.63, 3.8) is 0 Å². The lowest BCUT2D eigenvalue weighted by Gasteiger charge is -2.56. The number of fused-ring (bicyclic) bond motifs is 1. The number of nitrogens with one attached hydrogen (secondary N) is 2. The Balaban J connectivity index is 1.74. The molecule has 0 radical (unpaired) electrons. The molecule has 0 saturated carbocycles. The summed E-state index contributed by atoms with van der Waals surface area (Å²) >= 11 is 0. The zero-order valence-corrected chi connectivity index (χ0v) is 22.3. The van der Waals surface area contributed by atoms with Gasteiger partial charge in [-0.15, -0.1) is 0 Å². The van der Waals surface area contributed by atoms with Crippen LogP contribution in [0.5, 0.6) is 11.5 Å². The molecule has 1 fully saturated rings. The van der Waals surface area contributed by atoms with Crippen molar-refractivity contribution in [1.29, 1.82) is 0 Å². The van der Waals surface area contributed by atoms with Crippen LogP contribution >= 0.6 is 0 Å². The third-order valence-electron chi connectivity index (χ3n) is 8.58. The van der Waals surface area contributed by atoms with E-state index in [0.29, 0.717) is 12.0 Å². The zero-order valence-electron chi connectivity index (χ0n) is 22.3. The normalized spacial score (nSPS) is 20.0. The van der Waals surface area contributed by atoms with Gasteiger partial charge in [0.15, 0.2) is 11.5 Å². The Morgan fingerprint density at radius 1 is 1.00 bits per heavy atom. The van der Waals surface area contributed by atoms with Gasteiger partial charge in [0.1, 0.15) is 0 Å². The number of ether oxygens (including phenoxy) is 2. The lowest BCUT2D eigenvalue weighted by Crippen LogP contribution is -2.63. The zero-order chi connectivity index (χ0) is 24.8. The summed E-state index contributed by atoms with van der Waals surface area (Å²) in [5.74, 6) is 1.84. The maximum atomic E-state index is 5.57. The lowest BCUT2D eigenvalue weighted by molar-refractivity contribution is -0.0216. The molecule has 1 aromatic heterocycles. The highest BCUT2D eigenvalue weighted by molar-refractivity contribution is 5.93. The van der Waals surface area contributed by atoms with Crippen molar-refractivity contribution >= 4 is 16.6 Å². The number of hydrogen-bond donors (Lipinski definition) is 2. The average molecular weight is 464 g/mol. The van der Waals surface area contributed by atoms with E-state index < -0.39 is 0 Å². The second kappa shape index (κ2) is 8.84. The highest BCUT2D eigenvalue weighted by Crippen LogP contribution is 2.45. The fraction of sp³-hybridized carbons (Fsp3) is 0.517. The van der Waals surface area contributed by atoms with Crippen molar-refractivity contribution in [1.82, 2.24) is 9.88 Å². The molecular formula is C29H41N3O2. The first-order valence-electron chi connectivity index (χ1n) is 12.4. The summed E-state index contributed by atoms with van der Waals surface area (Å²) < 4.78 is 11.0. The summed E-state index contributed by atoms with van der Waals surface area (Å²) in [6.07, 6.45) is 1.13. The molecular weight excluding hydrogens is 422 g/mol. The molecule has 1 unspecified atom stereocenters. The summed E-state index contributed by atoms with van der Waals surface area (Å²) in [5.41, 5.74) is 6.15. The Hall–Kier alpha value is -2.66. The predicted molar refractivity (Wildman–Crippen MR) is 143 cm³/mol. The van der Waals surface area contributed by atoms with Crippen molar-refractivity contribution in [3.8, 4) is 22.8 Å². The maximum absolute atomic E-state index is 5.57. The molecule has 184 valence electrons. The molecule has 2 aromatic carbocycles. The van der Waals surface area contributed by atoms with E-state index >= 15 is 0 Å². The molecule has 3 aromatic rings. The van der Waals surface area contributed by atoms with E-state index in [0.717, 1.165) is 41.2 Å². The molecule has 0 amide bonds. The molecule has 1 aliphatic rings. The third-order valence-corrected chi connectivity index (χ3v) is 8.58. The fourth-order valence-corrected chi connectivity index (χ4v) is 5.46. The summed E-state index contributed by atoms with van der Waals surface area (Å²) in [5, 5.41) is 5.18. The molecule has 5 heteroatoms. The minimum absolute atomic E-state index is 0.116. The summed E-state index contributed by atoms with van der Waals surface area (Å²) in [6.45, 7) is 15.1. The number of likely N-dealkylation sites (tertiary alicyclic amines) is 1. The van der Waals surface area contributed by atoms with Crippen LogP contribution in [0.25, 0.3) is 22.2 Å². The van der Waals surface area contributed by atoms with Crippen LogP contribution in [0, 0.1) is 5.41 Å². The van der Waals surface area contributed by atoms with Crippen LogP contribution in [0.3, 0.4) is 0 Å². The van der Waals surface area contributed by atoms with Crippen molar-refractivity contribution < 1.29 is 9.47 Å². The lowest BCUT2D eigenvalue weighted by atomic mass is 9.65. The van der Waals surface area contributed by atoms with Gasteiger partial charge < -0.3 is 24.7 Å². The van der Waals surface area contributed by atoms with Crippen LogP contribution < -0.4 is 14.8 Å². The van der Waals surface area contributed by atoms with Crippen LogP contribution in [-0.4, -0.2) is 49.3 Å². The SMILES string of the molecule is COc1ccc(-c2[nH]c3ccc(NC4CCN(C)C(C)(C)C4(C)C)cc3c2C(C)C)cc1OC. The van der Waals surface area contributed by atoms with Crippen LogP contribution in [0.1, 0.15) is 59.4 Å². The Bertz CT molecular complexity index is 1180. The van der Waals surface area contributed by atoms with Gasteiger partial charge in [0.2, 0.25) is 0 Å².